The fraction of sp³-hybridized carbons (Fsp3) is 0.923. The van der Waals surface area contributed by atoms with Crippen LogP contribution in [0.4, 0.5) is 0 Å². The highest BCUT2D eigenvalue weighted by Gasteiger charge is 2.62. The molecule has 0 aromatic heterocycles. The molecule has 0 amide bonds. The Morgan fingerprint density at radius 3 is 2.53 bits per heavy atom. The maximum atomic E-state index is 11.3. The van der Waals surface area contributed by atoms with Crippen LogP contribution >= 0.6 is 0 Å². The van der Waals surface area contributed by atoms with Crippen LogP contribution in [0.2, 0.25) is 0 Å². The second kappa shape index (κ2) is 3.77. The van der Waals surface area contributed by atoms with Gasteiger partial charge in [0.2, 0.25) is 0 Å². The van der Waals surface area contributed by atoms with E-state index in [1.165, 1.54) is 0 Å². The number of hydrogen-bond acceptors (Lipinski definition) is 4. The molecular weight excluding hydrogens is 218 g/mol. The molecule has 3 aliphatic rings. The zero-order valence-electron chi connectivity index (χ0n) is 10.2. The Hall–Kier alpha value is -0.450. The maximum Gasteiger partial charge on any atom is 0.133 e. The number of rotatable bonds is 2. The van der Waals surface area contributed by atoms with Gasteiger partial charge in [-0.2, -0.15) is 0 Å². The van der Waals surface area contributed by atoms with Gasteiger partial charge in [-0.3, -0.25) is 4.79 Å². The van der Waals surface area contributed by atoms with Gasteiger partial charge in [0.1, 0.15) is 5.78 Å². The van der Waals surface area contributed by atoms with E-state index in [4.69, 9.17) is 10.5 Å². The van der Waals surface area contributed by atoms with E-state index in [1.807, 2.05) is 0 Å². The van der Waals surface area contributed by atoms with Crippen molar-refractivity contribution < 1.29 is 14.6 Å². The summed E-state index contributed by atoms with van der Waals surface area (Å²) < 4.78 is 5.90. The Bertz CT molecular complexity index is 334. The molecule has 3 fully saturated rings. The number of aliphatic hydroxyl groups is 1. The minimum atomic E-state index is -0.782. The van der Waals surface area contributed by atoms with Gasteiger partial charge >= 0.3 is 0 Å². The summed E-state index contributed by atoms with van der Waals surface area (Å²) in [6, 6.07) is 0. The number of nitrogens with two attached hydrogens (primary N) is 1. The largest absolute Gasteiger partial charge is 0.389 e. The minimum Gasteiger partial charge on any atom is -0.389 e. The predicted molar refractivity (Wildman–Crippen MR) is 62.4 cm³/mol. The highest BCUT2D eigenvalue weighted by molar-refractivity contribution is 5.79. The second-order valence-corrected chi connectivity index (χ2v) is 5.96. The third-order valence-corrected chi connectivity index (χ3v) is 5.24. The van der Waals surface area contributed by atoms with Crippen molar-refractivity contribution in [2.45, 2.75) is 62.8 Å². The number of ketones is 1. The number of Topliss-reactive ketones (excluding diaryl/α,β-unsaturated/α-hetero) is 1. The number of carbonyl (C=O) groups is 1. The van der Waals surface area contributed by atoms with Crippen LogP contribution in [0.25, 0.3) is 0 Å². The summed E-state index contributed by atoms with van der Waals surface area (Å²) >= 11 is 0. The molecule has 3 atom stereocenters. The molecule has 3 N–H and O–H groups in total. The van der Waals surface area contributed by atoms with Gasteiger partial charge in [-0.1, -0.05) is 0 Å². The third kappa shape index (κ3) is 1.51. The predicted octanol–water partition coefficient (Wildman–Crippen LogP) is 0.757. The summed E-state index contributed by atoms with van der Waals surface area (Å²) in [5, 5.41) is 10.9. The van der Waals surface area contributed by atoms with Crippen LogP contribution in [0, 0.1) is 5.41 Å². The Kier molecular flexibility index (Phi) is 2.58. The average Bonchev–Trinajstić information content (AvgIpc) is 2.93. The third-order valence-electron chi connectivity index (χ3n) is 5.24. The molecule has 1 aliphatic carbocycles. The van der Waals surface area contributed by atoms with E-state index in [1.54, 1.807) is 0 Å². The summed E-state index contributed by atoms with van der Waals surface area (Å²) in [5.41, 5.74) is 4.90. The highest BCUT2D eigenvalue weighted by Crippen LogP contribution is 2.56. The van der Waals surface area contributed by atoms with E-state index in [2.05, 4.69) is 0 Å². The molecule has 0 radical (unpaired) electrons. The standard InChI is InChI=1S/C13H21NO3/c14-8-12(7-10-1-2-11(12)17-10)13(16)5-3-9(15)4-6-13/h10-11,16H,1-8,14H2. The molecule has 96 valence electrons. The summed E-state index contributed by atoms with van der Waals surface area (Å²) in [6.45, 7) is 0.471. The smallest absolute Gasteiger partial charge is 0.133 e. The van der Waals surface area contributed by atoms with Gasteiger partial charge in [-0.15, -0.1) is 0 Å². The summed E-state index contributed by atoms with van der Waals surface area (Å²) in [6.07, 6.45) is 5.50. The first-order chi connectivity index (χ1) is 8.10. The molecule has 4 heteroatoms. The minimum absolute atomic E-state index is 0.107. The van der Waals surface area contributed by atoms with Gasteiger partial charge in [-0.25, -0.2) is 0 Å². The zero-order chi connectivity index (χ0) is 12.1. The van der Waals surface area contributed by atoms with Gasteiger partial charge < -0.3 is 15.6 Å². The fourth-order valence-corrected chi connectivity index (χ4v) is 4.13. The van der Waals surface area contributed by atoms with Crippen LogP contribution in [0.15, 0.2) is 0 Å². The summed E-state index contributed by atoms with van der Waals surface area (Å²) in [5.74, 6) is 0.269. The van der Waals surface area contributed by atoms with E-state index >= 15 is 0 Å². The molecule has 2 bridgehead atoms. The Balaban J connectivity index is 1.87. The summed E-state index contributed by atoms with van der Waals surface area (Å²) in [7, 11) is 0. The molecule has 17 heavy (non-hydrogen) atoms. The highest BCUT2D eigenvalue weighted by atomic mass is 16.5. The molecule has 4 nitrogen and oxygen atoms in total. The molecule has 2 heterocycles. The maximum absolute atomic E-state index is 11.3. The summed E-state index contributed by atoms with van der Waals surface area (Å²) in [4.78, 5) is 11.3. The van der Waals surface area contributed by atoms with Crippen molar-refractivity contribution in [3.63, 3.8) is 0 Å². The number of fused-ring (bicyclic) bond motifs is 2. The molecule has 2 saturated heterocycles. The second-order valence-electron chi connectivity index (χ2n) is 5.96. The van der Waals surface area contributed by atoms with Gasteiger partial charge in [0, 0.05) is 24.8 Å². The van der Waals surface area contributed by atoms with Gasteiger partial charge in [0.25, 0.3) is 0 Å². The molecular formula is C13H21NO3. The molecule has 2 aliphatic heterocycles. The van der Waals surface area contributed by atoms with E-state index in [9.17, 15) is 9.90 Å². The Morgan fingerprint density at radius 1 is 1.35 bits per heavy atom. The fourth-order valence-electron chi connectivity index (χ4n) is 4.13. The van der Waals surface area contributed by atoms with Crippen LogP contribution < -0.4 is 5.73 Å². The first kappa shape index (κ1) is 11.6. The molecule has 3 rings (SSSR count). The molecule has 0 spiro atoms. The van der Waals surface area contributed by atoms with Crippen molar-refractivity contribution in [2.75, 3.05) is 6.54 Å². The quantitative estimate of drug-likeness (QED) is 0.746. The van der Waals surface area contributed by atoms with E-state index in [0.29, 0.717) is 32.2 Å². The molecule has 1 saturated carbocycles. The van der Waals surface area contributed by atoms with Gasteiger partial charge in [0.15, 0.2) is 0 Å². The van der Waals surface area contributed by atoms with Gasteiger partial charge in [0.05, 0.1) is 17.8 Å². The number of carbonyl (C=O) groups excluding carboxylic acids is 1. The van der Waals surface area contributed by atoms with Crippen LogP contribution in [-0.4, -0.2) is 35.2 Å². The molecule has 0 aromatic carbocycles. The zero-order valence-corrected chi connectivity index (χ0v) is 10.2. The van der Waals surface area contributed by atoms with Crippen molar-refractivity contribution in [2.24, 2.45) is 11.1 Å². The van der Waals surface area contributed by atoms with E-state index in [0.717, 1.165) is 19.3 Å². The van der Waals surface area contributed by atoms with Crippen molar-refractivity contribution in [1.82, 2.24) is 0 Å². The van der Waals surface area contributed by atoms with Crippen molar-refractivity contribution in [1.29, 1.82) is 0 Å². The lowest BCUT2D eigenvalue weighted by molar-refractivity contribution is -0.147. The lowest BCUT2D eigenvalue weighted by atomic mass is 9.58. The SMILES string of the molecule is NCC1(C2(O)CCC(=O)CC2)CC2CCC1O2. The van der Waals surface area contributed by atoms with Crippen LogP contribution in [0.3, 0.4) is 0 Å². The molecule has 0 aromatic rings. The Morgan fingerprint density at radius 2 is 2.06 bits per heavy atom. The van der Waals surface area contributed by atoms with Crippen LogP contribution in [0.1, 0.15) is 44.9 Å². The number of ether oxygens (including phenoxy) is 1. The first-order valence-electron chi connectivity index (χ1n) is 6.69. The number of hydrogen-bond donors (Lipinski definition) is 2. The van der Waals surface area contributed by atoms with E-state index in [-0.39, 0.29) is 23.4 Å². The van der Waals surface area contributed by atoms with Gasteiger partial charge in [-0.05, 0) is 32.1 Å². The average molecular weight is 239 g/mol. The van der Waals surface area contributed by atoms with Crippen LogP contribution in [-0.2, 0) is 9.53 Å². The molecule has 3 unspecified atom stereocenters. The normalized spacial score (nSPS) is 44.2. The van der Waals surface area contributed by atoms with E-state index < -0.39 is 5.60 Å². The topological polar surface area (TPSA) is 72.5 Å². The van der Waals surface area contributed by atoms with Crippen molar-refractivity contribution in [3.05, 3.63) is 0 Å². The first-order valence-corrected chi connectivity index (χ1v) is 6.69. The lowest BCUT2D eigenvalue weighted by Gasteiger charge is -2.49. The Labute approximate surface area is 102 Å². The lowest BCUT2D eigenvalue weighted by Crippen LogP contribution is -2.59. The van der Waals surface area contributed by atoms with Crippen molar-refractivity contribution >= 4 is 5.78 Å². The monoisotopic (exact) mass is 239 g/mol. The van der Waals surface area contributed by atoms with Crippen LogP contribution in [0.5, 0.6) is 0 Å². The van der Waals surface area contributed by atoms with Crippen molar-refractivity contribution in [3.8, 4) is 0 Å².